The third-order valence-electron chi connectivity index (χ3n) is 4.34. The summed E-state index contributed by atoms with van der Waals surface area (Å²) < 4.78 is 14.7. The molecule has 0 spiro atoms. The Morgan fingerprint density at radius 3 is 2.75 bits per heavy atom. The number of halogens is 1. The molecule has 5 heterocycles. The van der Waals surface area contributed by atoms with Gasteiger partial charge in [0, 0.05) is 28.0 Å². The highest BCUT2D eigenvalue weighted by Gasteiger charge is 2.17. The lowest BCUT2D eigenvalue weighted by atomic mass is 10.1. The molecule has 0 saturated heterocycles. The second-order valence-electron chi connectivity index (χ2n) is 6.23. The predicted molar refractivity (Wildman–Crippen MR) is 112 cm³/mol. The van der Waals surface area contributed by atoms with Crippen LogP contribution < -0.4 is 0 Å². The number of pyridine rings is 3. The van der Waals surface area contributed by atoms with Gasteiger partial charge in [0.25, 0.3) is 0 Å². The molecule has 0 radical (unpaired) electrons. The van der Waals surface area contributed by atoms with E-state index in [1.165, 1.54) is 23.6 Å². The first-order chi connectivity index (χ1) is 13.7. The second-order valence-corrected chi connectivity index (χ2v) is 8.18. The number of rotatable bonds is 3. The van der Waals surface area contributed by atoms with Crippen LogP contribution >= 0.6 is 22.7 Å². The monoisotopic (exact) mass is 404 g/mol. The first-order valence-electron chi connectivity index (χ1n) is 8.57. The first kappa shape index (κ1) is 17.1. The Morgan fingerprint density at radius 2 is 1.93 bits per heavy atom. The molecule has 7 heteroatoms. The van der Waals surface area contributed by atoms with Crippen LogP contribution in [0.3, 0.4) is 0 Å². The van der Waals surface area contributed by atoms with Gasteiger partial charge in [-0.05, 0) is 42.6 Å². The van der Waals surface area contributed by atoms with Crippen LogP contribution in [0.5, 0.6) is 0 Å². The van der Waals surface area contributed by atoms with Gasteiger partial charge >= 0.3 is 0 Å². The molecule has 0 unspecified atom stereocenters. The fraction of sp³-hybridized carbons (Fsp3) is 0.0476. The fourth-order valence-electron chi connectivity index (χ4n) is 3.07. The summed E-state index contributed by atoms with van der Waals surface area (Å²) in [7, 11) is 0. The Balaban J connectivity index is 1.68. The van der Waals surface area contributed by atoms with Gasteiger partial charge in [0.1, 0.15) is 10.8 Å². The van der Waals surface area contributed by atoms with Gasteiger partial charge < -0.3 is 0 Å². The largest absolute Gasteiger partial charge is 0.261 e. The summed E-state index contributed by atoms with van der Waals surface area (Å²) in [4.78, 5) is 18.9. The van der Waals surface area contributed by atoms with Gasteiger partial charge in [0.05, 0.1) is 33.8 Å². The van der Waals surface area contributed by atoms with Crippen LogP contribution in [0.1, 0.15) is 5.69 Å². The third-order valence-corrected chi connectivity index (χ3v) is 6.43. The minimum atomic E-state index is -0.373. The molecular weight excluding hydrogens is 391 g/mol. The molecule has 0 N–H and O–H groups in total. The van der Waals surface area contributed by atoms with Crippen molar-refractivity contribution in [1.82, 2.24) is 19.9 Å². The summed E-state index contributed by atoms with van der Waals surface area (Å²) in [6.07, 6.45) is 4.59. The molecule has 0 bridgehead atoms. The van der Waals surface area contributed by atoms with Crippen molar-refractivity contribution in [3.8, 4) is 32.5 Å². The highest BCUT2D eigenvalue weighted by atomic mass is 32.1. The van der Waals surface area contributed by atoms with Crippen molar-refractivity contribution in [3.05, 3.63) is 71.9 Å². The van der Waals surface area contributed by atoms with E-state index >= 15 is 0 Å². The average molecular weight is 404 g/mol. The van der Waals surface area contributed by atoms with E-state index in [1.807, 2.05) is 25.1 Å². The standard InChI is InChI=1S/C21H13FN4S2/c1-12-20(28-21(25-12)13-8-14(22)11-23-10-13)17-9-18-15(5-7-27-18)19(26-17)16-4-2-3-6-24-16/h2-11H,1H3. The Bertz CT molecular complexity index is 1290. The number of hydrogen-bond acceptors (Lipinski definition) is 6. The molecule has 136 valence electrons. The number of fused-ring (bicyclic) bond motifs is 1. The molecule has 28 heavy (non-hydrogen) atoms. The van der Waals surface area contributed by atoms with Crippen LogP contribution in [-0.2, 0) is 0 Å². The summed E-state index contributed by atoms with van der Waals surface area (Å²) >= 11 is 3.17. The van der Waals surface area contributed by atoms with Gasteiger partial charge in [-0.3, -0.25) is 9.97 Å². The summed E-state index contributed by atoms with van der Waals surface area (Å²) in [5, 5.41) is 3.88. The minimum absolute atomic E-state index is 0.373. The van der Waals surface area contributed by atoms with Crippen molar-refractivity contribution in [3.63, 3.8) is 0 Å². The summed E-state index contributed by atoms with van der Waals surface area (Å²) in [5.74, 6) is -0.373. The van der Waals surface area contributed by atoms with Crippen molar-refractivity contribution in [1.29, 1.82) is 0 Å². The normalized spacial score (nSPS) is 11.2. The van der Waals surface area contributed by atoms with Gasteiger partial charge in [-0.2, -0.15) is 0 Å². The van der Waals surface area contributed by atoms with Gasteiger partial charge in [-0.1, -0.05) is 6.07 Å². The smallest absolute Gasteiger partial charge is 0.142 e. The number of thiophene rings is 1. The molecular formula is C21H13FN4S2. The fourth-order valence-corrected chi connectivity index (χ4v) is 4.90. The minimum Gasteiger partial charge on any atom is -0.261 e. The molecule has 0 amide bonds. The number of aryl methyl sites for hydroxylation is 1. The van der Waals surface area contributed by atoms with Gasteiger partial charge in [-0.25, -0.2) is 14.4 Å². The topological polar surface area (TPSA) is 51.6 Å². The van der Waals surface area contributed by atoms with E-state index in [-0.39, 0.29) is 5.82 Å². The van der Waals surface area contributed by atoms with Crippen molar-refractivity contribution in [2.75, 3.05) is 0 Å². The van der Waals surface area contributed by atoms with Crippen LogP contribution in [0.2, 0.25) is 0 Å². The van der Waals surface area contributed by atoms with E-state index in [4.69, 9.17) is 4.98 Å². The Kier molecular flexibility index (Phi) is 4.18. The lowest BCUT2D eigenvalue weighted by molar-refractivity contribution is 0.622. The van der Waals surface area contributed by atoms with Gasteiger partial charge in [0.2, 0.25) is 0 Å². The highest BCUT2D eigenvalue weighted by molar-refractivity contribution is 7.19. The zero-order valence-corrected chi connectivity index (χ0v) is 16.4. The summed E-state index contributed by atoms with van der Waals surface area (Å²) in [5.41, 5.74) is 4.07. The summed E-state index contributed by atoms with van der Waals surface area (Å²) in [6, 6.07) is 11.4. The molecule has 0 aliphatic heterocycles. The van der Waals surface area contributed by atoms with Gasteiger partial charge in [-0.15, -0.1) is 22.7 Å². The van der Waals surface area contributed by atoms with Crippen molar-refractivity contribution in [2.24, 2.45) is 0 Å². The summed E-state index contributed by atoms with van der Waals surface area (Å²) in [6.45, 7) is 1.95. The number of nitrogens with zero attached hydrogens (tertiary/aromatic N) is 4. The third kappa shape index (κ3) is 2.98. The first-order valence-corrected chi connectivity index (χ1v) is 10.3. The van der Waals surface area contributed by atoms with E-state index in [0.717, 1.165) is 42.7 Å². The lowest BCUT2D eigenvalue weighted by Gasteiger charge is -2.06. The second kappa shape index (κ2) is 6.85. The quantitative estimate of drug-likeness (QED) is 0.370. The zero-order valence-electron chi connectivity index (χ0n) is 14.8. The van der Waals surface area contributed by atoms with Crippen molar-refractivity contribution in [2.45, 2.75) is 6.92 Å². The molecule has 0 saturated carbocycles. The Hall–Kier alpha value is -3.03. The number of aromatic nitrogens is 4. The van der Waals surface area contributed by atoms with Crippen LogP contribution in [0.15, 0.2) is 60.4 Å². The number of hydrogen-bond donors (Lipinski definition) is 0. The Labute approximate surface area is 168 Å². The van der Waals surface area contributed by atoms with Crippen LogP contribution in [0.25, 0.3) is 42.6 Å². The molecule has 5 aromatic rings. The van der Waals surface area contributed by atoms with E-state index in [1.54, 1.807) is 23.7 Å². The molecule has 0 aliphatic rings. The molecule has 0 aromatic carbocycles. The SMILES string of the molecule is Cc1nc(-c2cncc(F)c2)sc1-c1cc2sccc2c(-c2ccccn2)n1. The van der Waals surface area contributed by atoms with E-state index in [9.17, 15) is 4.39 Å². The maximum absolute atomic E-state index is 13.6. The van der Waals surface area contributed by atoms with Crippen LogP contribution in [0.4, 0.5) is 4.39 Å². The molecule has 0 fully saturated rings. The maximum Gasteiger partial charge on any atom is 0.142 e. The molecule has 5 aromatic heterocycles. The molecule has 5 rings (SSSR count). The van der Waals surface area contributed by atoms with E-state index < -0.39 is 0 Å². The predicted octanol–water partition coefficient (Wildman–Crippen LogP) is 5.99. The number of thiazole rings is 1. The Morgan fingerprint density at radius 1 is 1.00 bits per heavy atom. The van der Waals surface area contributed by atoms with Crippen molar-refractivity contribution >= 4 is 32.8 Å². The average Bonchev–Trinajstić information content (AvgIpc) is 3.34. The van der Waals surface area contributed by atoms with Crippen LogP contribution in [-0.4, -0.2) is 19.9 Å². The molecule has 4 nitrogen and oxygen atoms in total. The van der Waals surface area contributed by atoms with Gasteiger partial charge in [0.15, 0.2) is 0 Å². The highest BCUT2D eigenvalue weighted by Crippen LogP contribution is 2.38. The van der Waals surface area contributed by atoms with E-state index in [0.29, 0.717) is 5.56 Å². The van der Waals surface area contributed by atoms with Crippen molar-refractivity contribution < 1.29 is 4.39 Å². The van der Waals surface area contributed by atoms with E-state index in [2.05, 4.69) is 32.5 Å². The van der Waals surface area contributed by atoms with Crippen LogP contribution in [0, 0.1) is 12.7 Å². The maximum atomic E-state index is 13.6. The molecule has 0 aliphatic carbocycles. The lowest BCUT2D eigenvalue weighted by Crippen LogP contribution is -1.91. The molecule has 0 atom stereocenters. The zero-order chi connectivity index (χ0) is 19.1.